The van der Waals surface area contributed by atoms with Crippen molar-refractivity contribution in [2.45, 2.75) is 76.1 Å². The Bertz CT molecular complexity index is 2060. The number of rotatable bonds is 4. The van der Waals surface area contributed by atoms with Gasteiger partial charge in [-0.15, -0.1) is 0 Å². The number of hydrogen-bond donors (Lipinski definition) is 1. The third kappa shape index (κ3) is 9.44. The molecule has 4 aliphatic rings. The number of fused-ring (bicyclic) bond motifs is 4. The van der Waals surface area contributed by atoms with Crippen LogP contribution in [0.2, 0.25) is 0 Å². The van der Waals surface area contributed by atoms with E-state index in [2.05, 4.69) is 61.4 Å². The van der Waals surface area contributed by atoms with Crippen molar-refractivity contribution in [3.05, 3.63) is 128 Å². The molecule has 0 aliphatic carbocycles. The van der Waals surface area contributed by atoms with Crippen molar-refractivity contribution in [3.63, 3.8) is 0 Å². The predicted molar refractivity (Wildman–Crippen MR) is 229 cm³/mol. The van der Waals surface area contributed by atoms with E-state index in [1.807, 2.05) is 98.5 Å². The topological polar surface area (TPSA) is 101 Å². The number of nitrogens with zero attached hydrogens (tertiary/aromatic N) is 3. The molecule has 1 N–H and O–H groups in total. The van der Waals surface area contributed by atoms with Crippen LogP contribution in [0.5, 0.6) is 0 Å². The normalized spacial score (nSPS) is 17.5. The number of ether oxygens (including phenoxy) is 3. The number of hydrogen-bond acceptors (Lipinski definition) is 7. The van der Waals surface area contributed by atoms with Crippen LogP contribution in [0.25, 0.3) is 0 Å². The lowest BCUT2D eigenvalue weighted by molar-refractivity contribution is 0.0561. The Kier molecular flexibility index (Phi) is 12.2. The smallest absolute Gasteiger partial charge is 0.414 e. The Morgan fingerprint density at radius 2 is 1.14 bits per heavy atom. The van der Waals surface area contributed by atoms with Gasteiger partial charge in [-0.1, -0.05) is 92.5 Å². The number of halogens is 2. The molecule has 10 nitrogen and oxygen atoms in total. The number of nitrogens with one attached hydrogen (secondary N) is 1. The molecule has 2 saturated heterocycles. The van der Waals surface area contributed by atoms with E-state index in [0.717, 1.165) is 76.6 Å². The lowest BCUT2D eigenvalue weighted by Gasteiger charge is -2.39. The molecule has 12 heteroatoms. The SMILES string of the molecule is CC(C)(C)OC(=O)N1CC2(CCN(C(=O)OCc3ccccc3)CC2)c2cc(Br)ccc21.O=C(OCc1ccccc1)N1CCC2(CC1)CNc1ccc(Br)cc12. The van der Waals surface area contributed by atoms with Crippen molar-refractivity contribution in [2.75, 3.05) is 49.5 Å². The standard InChI is InChI=1S/C25H29BrN2O4.C20H21BrN2O2/c1-24(2,3)32-23(30)28-17-25(20-15-19(26)9-10-21(20)28)11-13-27(14-12-25)22(29)31-16-18-7-5-4-6-8-18;21-16-6-7-18-17(12-16)20(14-22-18)8-10-23(11-9-20)19(24)25-13-15-4-2-1-3-5-15/h4-10,15H,11-14,16-17H2,1-3H3;1-7,12,22H,8-11,13-14H2. The molecule has 4 aromatic carbocycles. The van der Waals surface area contributed by atoms with Gasteiger partial charge in [0.1, 0.15) is 18.8 Å². The van der Waals surface area contributed by atoms with E-state index in [1.165, 1.54) is 11.3 Å². The Morgan fingerprint density at radius 3 is 1.67 bits per heavy atom. The van der Waals surface area contributed by atoms with Crippen LogP contribution in [0, 0.1) is 0 Å². The molecule has 0 saturated carbocycles. The van der Waals surface area contributed by atoms with E-state index in [4.69, 9.17) is 14.2 Å². The highest BCUT2D eigenvalue weighted by Crippen LogP contribution is 2.49. The zero-order valence-electron chi connectivity index (χ0n) is 32.8. The largest absolute Gasteiger partial charge is 0.445 e. The second-order valence-corrected chi connectivity index (χ2v) is 18.2. The molecule has 0 radical (unpaired) electrons. The highest BCUT2D eigenvalue weighted by atomic mass is 79.9. The Hall–Kier alpha value is -4.55. The maximum absolute atomic E-state index is 12.9. The molecule has 2 fully saturated rings. The van der Waals surface area contributed by atoms with E-state index in [0.29, 0.717) is 26.2 Å². The van der Waals surface area contributed by atoms with Crippen LogP contribution in [0.4, 0.5) is 25.8 Å². The molecule has 0 aromatic heterocycles. The first-order chi connectivity index (χ1) is 27.3. The van der Waals surface area contributed by atoms with E-state index in [9.17, 15) is 14.4 Å². The molecule has 300 valence electrons. The number of anilines is 2. The van der Waals surface area contributed by atoms with Crippen LogP contribution < -0.4 is 10.2 Å². The summed E-state index contributed by atoms with van der Waals surface area (Å²) >= 11 is 7.16. The van der Waals surface area contributed by atoms with Crippen LogP contribution in [-0.4, -0.2) is 72.9 Å². The molecule has 57 heavy (non-hydrogen) atoms. The highest BCUT2D eigenvalue weighted by Gasteiger charge is 2.48. The van der Waals surface area contributed by atoms with Crippen LogP contribution >= 0.6 is 31.9 Å². The predicted octanol–water partition coefficient (Wildman–Crippen LogP) is 10.4. The second kappa shape index (κ2) is 17.1. The van der Waals surface area contributed by atoms with E-state index in [1.54, 1.807) is 9.80 Å². The number of likely N-dealkylation sites (tertiary alicyclic amines) is 2. The Balaban J connectivity index is 0.000000179. The first-order valence-electron chi connectivity index (χ1n) is 19.6. The maximum Gasteiger partial charge on any atom is 0.414 e. The van der Waals surface area contributed by atoms with Crippen molar-refractivity contribution in [3.8, 4) is 0 Å². The first kappa shape index (κ1) is 40.6. The molecule has 3 amide bonds. The van der Waals surface area contributed by atoms with Gasteiger partial charge >= 0.3 is 18.3 Å². The minimum absolute atomic E-state index is 0.134. The van der Waals surface area contributed by atoms with Gasteiger partial charge in [0.2, 0.25) is 0 Å². The van der Waals surface area contributed by atoms with Crippen LogP contribution in [0.1, 0.15) is 68.7 Å². The van der Waals surface area contributed by atoms with Gasteiger partial charge in [0.15, 0.2) is 0 Å². The fourth-order valence-corrected chi connectivity index (χ4v) is 9.04. The quantitative estimate of drug-likeness (QED) is 0.204. The van der Waals surface area contributed by atoms with E-state index < -0.39 is 5.60 Å². The molecule has 4 heterocycles. The lowest BCUT2D eigenvalue weighted by Crippen LogP contribution is -2.48. The molecular weight excluding hydrogens is 852 g/mol. The monoisotopic (exact) mass is 900 g/mol. The Morgan fingerprint density at radius 1 is 0.649 bits per heavy atom. The molecule has 8 rings (SSSR count). The molecule has 0 atom stereocenters. The number of benzene rings is 4. The van der Waals surface area contributed by atoms with Gasteiger partial charge in [-0.25, -0.2) is 14.4 Å². The summed E-state index contributed by atoms with van der Waals surface area (Å²) in [6.45, 7) is 10.4. The van der Waals surface area contributed by atoms with Gasteiger partial charge in [0.05, 0.1) is 5.69 Å². The summed E-state index contributed by atoms with van der Waals surface area (Å²) in [5, 5.41) is 3.52. The zero-order chi connectivity index (χ0) is 40.2. The number of amides is 3. The minimum Gasteiger partial charge on any atom is -0.445 e. The highest BCUT2D eigenvalue weighted by molar-refractivity contribution is 9.10. The van der Waals surface area contributed by atoms with Crippen LogP contribution in [0.15, 0.2) is 106 Å². The van der Waals surface area contributed by atoms with Gasteiger partial charge in [-0.05, 0) is 105 Å². The summed E-state index contributed by atoms with van der Waals surface area (Å²) in [5.74, 6) is 0. The summed E-state index contributed by atoms with van der Waals surface area (Å²) in [7, 11) is 0. The van der Waals surface area contributed by atoms with Crippen molar-refractivity contribution in [2.24, 2.45) is 0 Å². The third-order valence-corrected chi connectivity index (χ3v) is 12.4. The molecular formula is C45H50Br2N4O6. The van der Waals surface area contributed by atoms with E-state index in [-0.39, 0.29) is 35.7 Å². The minimum atomic E-state index is -0.561. The van der Waals surface area contributed by atoms with Crippen LogP contribution in [-0.2, 0) is 38.3 Å². The first-order valence-corrected chi connectivity index (χ1v) is 21.2. The molecule has 4 aliphatic heterocycles. The van der Waals surface area contributed by atoms with Crippen molar-refractivity contribution >= 4 is 61.5 Å². The summed E-state index contributed by atoms with van der Waals surface area (Å²) in [4.78, 5) is 43.3. The maximum atomic E-state index is 12.9. The van der Waals surface area contributed by atoms with Gasteiger partial charge in [0, 0.05) is 64.7 Å². The summed E-state index contributed by atoms with van der Waals surface area (Å²) in [6, 6.07) is 31.9. The number of piperidine rings is 2. The van der Waals surface area contributed by atoms with Gasteiger partial charge in [-0.2, -0.15) is 0 Å². The van der Waals surface area contributed by atoms with Gasteiger partial charge in [-0.3, -0.25) is 4.90 Å². The van der Waals surface area contributed by atoms with Crippen molar-refractivity contribution < 1.29 is 28.6 Å². The number of carbonyl (C=O) groups is 3. The molecule has 0 unspecified atom stereocenters. The Labute approximate surface area is 352 Å². The molecule has 0 bridgehead atoms. The average Bonchev–Trinajstić information content (AvgIpc) is 3.71. The van der Waals surface area contributed by atoms with Gasteiger partial charge in [0.25, 0.3) is 0 Å². The fourth-order valence-electron chi connectivity index (χ4n) is 8.32. The van der Waals surface area contributed by atoms with Crippen molar-refractivity contribution in [1.29, 1.82) is 0 Å². The summed E-state index contributed by atoms with van der Waals surface area (Å²) in [5.41, 5.74) is 5.98. The summed E-state index contributed by atoms with van der Waals surface area (Å²) < 4.78 is 18.7. The van der Waals surface area contributed by atoms with Gasteiger partial charge < -0.3 is 29.3 Å². The average molecular weight is 903 g/mol. The molecule has 4 aromatic rings. The lowest BCUT2D eigenvalue weighted by atomic mass is 9.74. The second-order valence-electron chi connectivity index (χ2n) is 16.4. The summed E-state index contributed by atoms with van der Waals surface area (Å²) in [6.07, 6.45) is 2.61. The number of carbonyl (C=O) groups excluding carboxylic acids is 3. The fraction of sp³-hybridized carbons (Fsp3) is 0.400. The van der Waals surface area contributed by atoms with Crippen LogP contribution in [0.3, 0.4) is 0 Å². The third-order valence-electron chi connectivity index (χ3n) is 11.4. The zero-order valence-corrected chi connectivity index (χ0v) is 35.9. The molecule has 2 spiro atoms. The van der Waals surface area contributed by atoms with E-state index >= 15 is 0 Å². The van der Waals surface area contributed by atoms with Crippen molar-refractivity contribution in [1.82, 2.24) is 9.80 Å².